The van der Waals surface area contributed by atoms with E-state index in [4.69, 9.17) is 4.74 Å². The van der Waals surface area contributed by atoms with Crippen molar-refractivity contribution in [3.63, 3.8) is 0 Å². The normalized spacial score (nSPS) is 12.9. The Labute approximate surface area is 513 Å². The van der Waals surface area contributed by atoms with Crippen molar-refractivity contribution in [1.29, 1.82) is 0 Å². The SMILES string of the molecule is CNC(=O)[C@H](CSC(c1ccccc1)(c1ccccc1)c1ccccc1)NC(=O)[C@H](CSC(c1ccccc1)(c1ccccc1)c1ccccc1)NC(=O)[C@H](CSC(c1ccccc1)(c1ccccc1)c1ccccc1)OC(=O)N(C)C(C)(C)C. The number of ether oxygens (including phenoxy) is 1. The van der Waals surface area contributed by atoms with E-state index in [0.717, 1.165) is 50.1 Å². The third-order valence-electron chi connectivity index (χ3n) is 15.3. The highest BCUT2D eigenvalue weighted by molar-refractivity contribution is 8.01. The molecule has 0 heterocycles. The summed E-state index contributed by atoms with van der Waals surface area (Å²) in [6.45, 7) is 5.68. The summed E-state index contributed by atoms with van der Waals surface area (Å²) in [4.78, 5) is 62.2. The molecule has 9 aromatic rings. The minimum atomic E-state index is -1.44. The molecule has 0 aliphatic rings. The molecule has 0 fully saturated rings. The highest BCUT2D eigenvalue weighted by Gasteiger charge is 2.44. The summed E-state index contributed by atoms with van der Waals surface area (Å²) in [5, 5.41) is 9.18. The molecule has 4 amide bonds. The predicted octanol–water partition coefficient (Wildman–Crippen LogP) is 14.1. The molecule has 9 rings (SSSR count). The van der Waals surface area contributed by atoms with Crippen molar-refractivity contribution in [2.24, 2.45) is 0 Å². The first kappa shape index (κ1) is 61.3. The molecule has 0 aliphatic heterocycles. The van der Waals surface area contributed by atoms with Gasteiger partial charge in [0.2, 0.25) is 11.8 Å². The monoisotopic (exact) mass is 1180 g/mol. The van der Waals surface area contributed by atoms with Crippen LogP contribution in [-0.4, -0.2) is 83.8 Å². The standard InChI is InChI=1S/C73H72N4O5S3/c1-70(2,3)77(5)69(81)82-65(53-85-73(60-45-27-12-28-46-60,61-47-29-13-30-48-61)62-49-31-14-32-50-62)68(80)76-64(52-84-72(57-39-21-9-22-40-57,58-41-23-10-24-42-58)59-43-25-11-26-44-59)67(79)75-63(66(78)74-4)51-83-71(54-33-15-6-16-34-54,55-35-17-7-18-36-55)56-37-19-8-20-38-56/h6-50,63-65H,51-53H2,1-5H3,(H,74,78)(H,75,79)(H,76,80)/t63-,64-,65-/m0/s1. The van der Waals surface area contributed by atoms with Gasteiger partial charge in [0.05, 0.1) is 14.2 Å². The van der Waals surface area contributed by atoms with Gasteiger partial charge in [0.15, 0.2) is 6.10 Å². The van der Waals surface area contributed by atoms with Crippen LogP contribution in [0, 0.1) is 0 Å². The van der Waals surface area contributed by atoms with Crippen LogP contribution in [0.15, 0.2) is 273 Å². The zero-order chi connectivity index (χ0) is 59.7. The van der Waals surface area contributed by atoms with Crippen LogP contribution in [0.4, 0.5) is 4.79 Å². The van der Waals surface area contributed by atoms with Gasteiger partial charge in [0, 0.05) is 36.9 Å². The van der Waals surface area contributed by atoms with Gasteiger partial charge in [-0.25, -0.2) is 4.79 Å². The summed E-state index contributed by atoms with van der Waals surface area (Å²) >= 11 is 4.52. The molecule has 0 spiro atoms. The van der Waals surface area contributed by atoms with Gasteiger partial charge in [-0.1, -0.05) is 273 Å². The maximum atomic E-state index is 15.9. The molecule has 0 radical (unpaired) electrons. The number of hydrogen-bond acceptors (Lipinski definition) is 8. The summed E-state index contributed by atoms with van der Waals surface area (Å²) in [5.41, 5.74) is 8.03. The maximum absolute atomic E-state index is 15.9. The Bertz CT molecular complexity index is 3260. The zero-order valence-corrected chi connectivity index (χ0v) is 51.0. The van der Waals surface area contributed by atoms with Crippen molar-refractivity contribution in [1.82, 2.24) is 20.9 Å². The van der Waals surface area contributed by atoms with Gasteiger partial charge in [-0.3, -0.25) is 14.4 Å². The van der Waals surface area contributed by atoms with Crippen LogP contribution >= 0.6 is 35.3 Å². The molecule has 9 nitrogen and oxygen atoms in total. The van der Waals surface area contributed by atoms with Crippen molar-refractivity contribution in [3.8, 4) is 0 Å². The predicted molar refractivity (Wildman–Crippen MR) is 351 cm³/mol. The van der Waals surface area contributed by atoms with Crippen molar-refractivity contribution >= 4 is 59.1 Å². The molecular weight excluding hydrogens is 1110 g/mol. The number of hydrogen-bond donors (Lipinski definition) is 3. The lowest BCUT2D eigenvalue weighted by atomic mass is 9.84. The number of benzene rings is 9. The average molecular weight is 1180 g/mol. The minimum Gasteiger partial charge on any atom is -0.435 e. The highest BCUT2D eigenvalue weighted by Crippen LogP contribution is 2.51. The molecule has 0 bridgehead atoms. The second-order valence-electron chi connectivity index (χ2n) is 21.6. The first-order valence-electron chi connectivity index (χ1n) is 28.5. The van der Waals surface area contributed by atoms with Crippen LogP contribution in [0.5, 0.6) is 0 Å². The molecule has 0 aliphatic carbocycles. The van der Waals surface area contributed by atoms with E-state index in [9.17, 15) is 9.59 Å². The number of nitrogens with zero attached hydrogens (tertiary/aromatic N) is 1. The Morgan fingerprint density at radius 1 is 0.365 bits per heavy atom. The fraction of sp³-hybridized carbons (Fsp3) is 0.205. The molecule has 3 atom stereocenters. The number of amides is 4. The summed E-state index contributed by atoms with van der Waals surface area (Å²) in [6, 6.07) is 88.9. The fourth-order valence-corrected chi connectivity index (χ4v) is 15.3. The average Bonchev–Trinajstić information content (AvgIpc) is 1.52. The Morgan fingerprint density at radius 2 is 0.588 bits per heavy atom. The third kappa shape index (κ3) is 14.0. The van der Waals surface area contributed by atoms with Crippen LogP contribution in [0.2, 0.25) is 0 Å². The molecule has 3 N–H and O–H groups in total. The molecule has 0 saturated heterocycles. The van der Waals surface area contributed by atoms with Gasteiger partial charge < -0.3 is 25.6 Å². The molecule has 9 aromatic carbocycles. The van der Waals surface area contributed by atoms with E-state index in [0.29, 0.717) is 0 Å². The van der Waals surface area contributed by atoms with E-state index >= 15 is 9.59 Å². The van der Waals surface area contributed by atoms with E-state index in [1.165, 1.54) is 28.4 Å². The fourth-order valence-electron chi connectivity index (χ4n) is 10.6. The van der Waals surface area contributed by atoms with Crippen molar-refractivity contribution in [2.45, 2.75) is 58.7 Å². The van der Waals surface area contributed by atoms with Crippen LogP contribution < -0.4 is 16.0 Å². The molecule has 85 heavy (non-hydrogen) atoms. The van der Waals surface area contributed by atoms with Crippen LogP contribution in [0.3, 0.4) is 0 Å². The van der Waals surface area contributed by atoms with Crippen LogP contribution in [-0.2, 0) is 33.4 Å². The van der Waals surface area contributed by atoms with E-state index < -0.39 is 61.8 Å². The van der Waals surface area contributed by atoms with E-state index in [1.54, 1.807) is 25.9 Å². The van der Waals surface area contributed by atoms with Gasteiger partial charge in [-0.2, -0.15) is 0 Å². The van der Waals surface area contributed by atoms with Gasteiger partial charge >= 0.3 is 6.09 Å². The Hall–Kier alpha value is -8.29. The number of rotatable bonds is 24. The lowest BCUT2D eigenvalue weighted by Crippen LogP contribution is -2.57. The zero-order valence-electron chi connectivity index (χ0n) is 48.5. The number of nitrogens with one attached hydrogen (secondary N) is 3. The molecule has 0 unspecified atom stereocenters. The summed E-state index contributed by atoms with van der Waals surface area (Å²) in [6.07, 6.45) is -2.14. The van der Waals surface area contributed by atoms with Gasteiger partial charge in [-0.05, 0) is 70.8 Å². The number of carbonyl (C=O) groups excluding carboxylic acids is 4. The lowest BCUT2D eigenvalue weighted by molar-refractivity contribution is -0.134. The number of carbonyl (C=O) groups is 4. The lowest BCUT2D eigenvalue weighted by Gasteiger charge is -2.38. The smallest absolute Gasteiger partial charge is 0.410 e. The third-order valence-corrected chi connectivity index (χ3v) is 20.2. The summed E-state index contributed by atoms with van der Waals surface area (Å²) < 4.78 is 3.79. The van der Waals surface area contributed by atoms with Gasteiger partial charge in [-0.15, -0.1) is 35.3 Å². The molecular formula is C73H72N4O5S3. The molecule has 12 heteroatoms. The van der Waals surface area contributed by atoms with E-state index in [-0.39, 0.29) is 17.3 Å². The summed E-state index contributed by atoms with van der Waals surface area (Å²) in [7, 11) is 3.20. The Kier molecular flexibility index (Phi) is 20.6. The first-order chi connectivity index (χ1) is 41.3. The van der Waals surface area contributed by atoms with Gasteiger partial charge in [0.25, 0.3) is 5.91 Å². The first-order valence-corrected chi connectivity index (χ1v) is 31.5. The second kappa shape index (κ2) is 28.5. The largest absolute Gasteiger partial charge is 0.435 e. The van der Waals surface area contributed by atoms with Crippen molar-refractivity contribution in [3.05, 3.63) is 323 Å². The topological polar surface area (TPSA) is 117 Å². The van der Waals surface area contributed by atoms with Crippen LogP contribution in [0.25, 0.3) is 0 Å². The maximum Gasteiger partial charge on any atom is 0.410 e. The summed E-state index contributed by atoms with van der Waals surface area (Å²) in [5.74, 6) is -1.60. The quantitative estimate of drug-likeness (QED) is 0.0512. The Balaban J connectivity index is 1.15. The second-order valence-corrected chi connectivity index (χ2v) is 25.3. The molecule has 0 saturated carbocycles. The van der Waals surface area contributed by atoms with E-state index in [1.807, 2.05) is 185 Å². The molecule has 432 valence electrons. The molecule has 0 aromatic heterocycles. The highest BCUT2D eigenvalue weighted by atomic mass is 32.2. The minimum absolute atomic E-state index is 0.00351. The van der Waals surface area contributed by atoms with Gasteiger partial charge in [0.1, 0.15) is 12.1 Å². The van der Waals surface area contributed by atoms with Crippen molar-refractivity contribution < 1.29 is 23.9 Å². The van der Waals surface area contributed by atoms with Crippen LogP contribution in [0.1, 0.15) is 70.8 Å². The Morgan fingerprint density at radius 3 is 0.824 bits per heavy atom. The van der Waals surface area contributed by atoms with E-state index in [2.05, 4.69) is 125 Å². The van der Waals surface area contributed by atoms with Crippen molar-refractivity contribution in [2.75, 3.05) is 31.4 Å². The number of thioether (sulfide) groups is 3. The number of likely N-dealkylation sites (N-methyl/N-ethyl adjacent to an activating group) is 1.